The van der Waals surface area contributed by atoms with Crippen LogP contribution in [0.2, 0.25) is 0 Å². The predicted molar refractivity (Wildman–Crippen MR) is 93.4 cm³/mol. The molecule has 1 aromatic carbocycles. The van der Waals surface area contributed by atoms with Crippen molar-refractivity contribution >= 4 is 23.3 Å². The third-order valence-electron chi connectivity index (χ3n) is 3.59. The van der Waals surface area contributed by atoms with Gasteiger partial charge in [-0.05, 0) is 13.3 Å². The van der Waals surface area contributed by atoms with E-state index in [1.165, 1.54) is 12.0 Å². The van der Waals surface area contributed by atoms with E-state index in [9.17, 15) is 29.8 Å². The van der Waals surface area contributed by atoms with E-state index >= 15 is 0 Å². The summed E-state index contributed by atoms with van der Waals surface area (Å²) in [4.78, 5) is 45.8. The number of non-ortho nitro benzene ring substituents is 2. The summed E-state index contributed by atoms with van der Waals surface area (Å²) in [5, 5.41) is 22.0. The minimum Gasteiger partial charge on any atom is -0.469 e. The van der Waals surface area contributed by atoms with E-state index in [2.05, 4.69) is 4.74 Å². The zero-order valence-corrected chi connectivity index (χ0v) is 15.1. The number of amides is 1. The zero-order valence-electron chi connectivity index (χ0n) is 15.1. The normalized spacial score (nSPS) is 10.3. The Morgan fingerprint density at radius 3 is 2.15 bits per heavy atom. The molecule has 11 nitrogen and oxygen atoms in total. The Kier molecular flexibility index (Phi) is 8.79. The van der Waals surface area contributed by atoms with Gasteiger partial charge in [-0.1, -0.05) is 0 Å². The fraction of sp³-hybridized carbons (Fsp3) is 0.500. The fourth-order valence-corrected chi connectivity index (χ4v) is 2.26. The van der Waals surface area contributed by atoms with Crippen LogP contribution in [-0.4, -0.2) is 60.0 Å². The van der Waals surface area contributed by atoms with Crippen molar-refractivity contribution in [3.63, 3.8) is 0 Å². The van der Waals surface area contributed by atoms with Gasteiger partial charge in [-0.15, -0.1) is 0 Å². The van der Waals surface area contributed by atoms with E-state index < -0.39 is 33.1 Å². The molecule has 148 valence electrons. The first-order chi connectivity index (χ1) is 12.8. The highest BCUT2D eigenvalue weighted by atomic mass is 16.6. The molecule has 0 aliphatic carbocycles. The SMILES string of the molecule is CCOCCCN(CCC(=O)OC)C(=O)c1cc([N+](=O)[O-])cc([N+](=O)[O-])c1. The fourth-order valence-electron chi connectivity index (χ4n) is 2.26. The molecule has 1 amide bonds. The summed E-state index contributed by atoms with van der Waals surface area (Å²) in [6, 6.07) is 2.73. The number of methoxy groups -OCH3 is 1. The average molecular weight is 383 g/mol. The topological polar surface area (TPSA) is 142 Å². The van der Waals surface area contributed by atoms with Gasteiger partial charge in [-0.3, -0.25) is 29.8 Å². The lowest BCUT2D eigenvalue weighted by Crippen LogP contribution is -2.34. The highest BCUT2D eigenvalue weighted by molar-refractivity contribution is 5.95. The number of ether oxygens (including phenoxy) is 2. The van der Waals surface area contributed by atoms with Crippen LogP contribution in [0.1, 0.15) is 30.1 Å². The monoisotopic (exact) mass is 383 g/mol. The Hall–Kier alpha value is -3.08. The molecule has 0 heterocycles. The Balaban J connectivity index is 3.08. The number of rotatable bonds is 11. The minimum atomic E-state index is -0.808. The molecule has 0 aliphatic rings. The minimum absolute atomic E-state index is 0.00806. The Labute approximate surface area is 155 Å². The van der Waals surface area contributed by atoms with E-state index in [0.717, 1.165) is 18.2 Å². The second-order valence-corrected chi connectivity index (χ2v) is 5.42. The lowest BCUT2D eigenvalue weighted by atomic mass is 10.1. The van der Waals surface area contributed by atoms with Crippen molar-refractivity contribution in [3.05, 3.63) is 44.0 Å². The van der Waals surface area contributed by atoms with Crippen LogP contribution in [0.4, 0.5) is 11.4 Å². The van der Waals surface area contributed by atoms with Crippen molar-refractivity contribution in [2.45, 2.75) is 19.8 Å². The number of hydrogen-bond donors (Lipinski definition) is 0. The smallest absolute Gasteiger partial charge is 0.307 e. The molecule has 0 atom stereocenters. The summed E-state index contributed by atoms with van der Waals surface area (Å²) in [5.74, 6) is -1.18. The lowest BCUT2D eigenvalue weighted by Gasteiger charge is -2.22. The van der Waals surface area contributed by atoms with Crippen molar-refractivity contribution in [1.29, 1.82) is 0 Å². The Morgan fingerprint density at radius 1 is 1.07 bits per heavy atom. The van der Waals surface area contributed by atoms with Gasteiger partial charge in [0, 0.05) is 38.4 Å². The molecule has 0 saturated carbocycles. The molecule has 1 aromatic rings. The number of hydrogen-bond acceptors (Lipinski definition) is 8. The molecular weight excluding hydrogens is 362 g/mol. The predicted octanol–water partition coefficient (Wildman–Crippen LogP) is 1.93. The molecule has 27 heavy (non-hydrogen) atoms. The highest BCUT2D eigenvalue weighted by Gasteiger charge is 2.23. The maximum Gasteiger partial charge on any atom is 0.307 e. The molecule has 0 bridgehead atoms. The van der Waals surface area contributed by atoms with Gasteiger partial charge in [0.05, 0.1) is 35.0 Å². The first-order valence-corrected chi connectivity index (χ1v) is 8.17. The number of nitro groups is 2. The molecular formula is C16H21N3O8. The molecule has 0 fully saturated rings. The van der Waals surface area contributed by atoms with E-state index in [0.29, 0.717) is 19.6 Å². The van der Waals surface area contributed by atoms with Gasteiger partial charge in [0.25, 0.3) is 17.3 Å². The van der Waals surface area contributed by atoms with E-state index in [1.807, 2.05) is 6.92 Å². The quantitative estimate of drug-likeness (QED) is 0.244. The molecule has 0 radical (unpaired) electrons. The Bertz CT molecular complexity index is 675. The molecule has 11 heteroatoms. The number of nitrogens with zero attached hydrogens (tertiary/aromatic N) is 3. The number of esters is 1. The van der Waals surface area contributed by atoms with Gasteiger partial charge >= 0.3 is 5.97 Å². The van der Waals surface area contributed by atoms with Crippen LogP contribution in [0, 0.1) is 20.2 Å². The second-order valence-electron chi connectivity index (χ2n) is 5.42. The van der Waals surface area contributed by atoms with E-state index in [4.69, 9.17) is 4.74 Å². The van der Waals surface area contributed by atoms with Gasteiger partial charge in [-0.25, -0.2) is 0 Å². The summed E-state index contributed by atoms with van der Waals surface area (Å²) in [5.41, 5.74) is -1.32. The van der Waals surface area contributed by atoms with Crippen LogP contribution in [-0.2, 0) is 14.3 Å². The van der Waals surface area contributed by atoms with Gasteiger partial charge in [-0.2, -0.15) is 0 Å². The first-order valence-electron chi connectivity index (χ1n) is 8.17. The van der Waals surface area contributed by atoms with Crippen molar-refractivity contribution in [3.8, 4) is 0 Å². The summed E-state index contributed by atoms with van der Waals surface area (Å²) < 4.78 is 9.76. The summed E-state index contributed by atoms with van der Waals surface area (Å²) >= 11 is 0. The standard InChI is InChI=1S/C16H21N3O8/c1-3-27-8-4-6-17(7-5-15(20)26-2)16(21)12-9-13(18(22)23)11-14(10-12)19(24)25/h9-11H,3-8H2,1-2H3. The van der Waals surface area contributed by atoms with Crippen molar-refractivity contribution in [2.75, 3.05) is 33.4 Å². The zero-order chi connectivity index (χ0) is 20.4. The maximum atomic E-state index is 12.7. The van der Waals surface area contributed by atoms with Crippen LogP contribution in [0.25, 0.3) is 0 Å². The van der Waals surface area contributed by atoms with Crippen LogP contribution >= 0.6 is 0 Å². The summed E-state index contributed by atoms with van der Waals surface area (Å²) in [7, 11) is 1.22. The number of carbonyl (C=O) groups is 2. The van der Waals surface area contributed by atoms with Crippen LogP contribution < -0.4 is 0 Å². The van der Waals surface area contributed by atoms with Crippen molar-refractivity contribution in [2.24, 2.45) is 0 Å². The molecule has 0 aromatic heterocycles. The number of benzene rings is 1. The highest BCUT2D eigenvalue weighted by Crippen LogP contribution is 2.23. The third kappa shape index (κ3) is 6.98. The van der Waals surface area contributed by atoms with Gasteiger partial charge in [0.15, 0.2) is 0 Å². The molecule has 0 saturated heterocycles. The van der Waals surface area contributed by atoms with E-state index in [1.54, 1.807) is 0 Å². The molecule has 1 rings (SSSR count). The maximum absolute atomic E-state index is 12.7. The molecule has 0 aliphatic heterocycles. The van der Waals surface area contributed by atoms with Gasteiger partial charge < -0.3 is 14.4 Å². The first kappa shape index (κ1) is 22.0. The van der Waals surface area contributed by atoms with Crippen LogP contribution in [0.3, 0.4) is 0 Å². The lowest BCUT2D eigenvalue weighted by molar-refractivity contribution is -0.394. The van der Waals surface area contributed by atoms with Gasteiger partial charge in [0.1, 0.15) is 0 Å². The van der Waals surface area contributed by atoms with E-state index in [-0.39, 0.29) is 25.1 Å². The van der Waals surface area contributed by atoms with Crippen molar-refractivity contribution < 1.29 is 28.9 Å². The largest absolute Gasteiger partial charge is 0.469 e. The third-order valence-corrected chi connectivity index (χ3v) is 3.59. The second kappa shape index (κ2) is 10.8. The van der Waals surface area contributed by atoms with Crippen LogP contribution in [0.5, 0.6) is 0 Å². The molecule has 0 N–H and O–H groups in total. The molecule has 0 spiro atoms. The van der Waals surface area contributed by atoms with Gasteiger partial charge in [0.2, 0.25) is 0 Å². The Morgan fingerprint density at radius 2 is 1.67 bits per heavy atom. The summed E-state index contributed by atoms with van der Waals surface area (Å²) in [6.45, 7) is 2.93. The van der Waals surface area contributed by atoms with Crippen molar-refractivity contribution in [1.82, 2.24) is 4.90 Å². The number of nitro benzene ring substituents is 2. The average Bonchev–Trinajstić information content (AvgIpc) is 2.66. The summed E-state index contributed by atoms with van der Waals surface area (Å²) in [6.07, 6.45) is 0.395. The van der Waals surface area contributed by atoms with Crippen LogP contribution in [0.15, 0.2) is 18.2 Å². The number of carbonyl (C=O) groups excluding carboxylic acids is 2. The molecule has 0 unspecified atom stereocenters.